The molecule has 1 aromatic heterocycles. The summed E-state index contributed by atoms with van der Waals surface area (Å²) in [6, 6.07) is 8.40. The van der Waals surface area contributed by atoms with Gasteiger partial charge in [-0.15, -0.1) is 0 Å². The number of likely N-dealkylation sites (tertiary alicyclic amines) is 2. The van der Waals surface area contributed by atoms with Crippen LogP contribution in [-0.2, 0) is 6.54 Å². The van der Waals surface area contributed by atoms with E-state index in [0.29, 0.717) is 18.4 Å². The van der Waals surface area contributed by atoms with Crippen molar-refractivity contribution in [2.75, 3.05) is 40.3 Å². The van der Waals surface area contributed by atoms with Gasteiger partial charge < -0.3 is 15.0 Å². The number of guanidine groups is 1. The summed E-state index contributed by atoms with van der Waals surface area (Å²) < 4.78 is 5.20. The molecule has 0 spiro atoms. The Kier molecular flexibility index (Phi) is 6.29. The lowest BCUT2D eigenvalue weighted by atomic mass is 10.1. The van der Waals surface area contributed by atoms with Crippen molar-refractivity contribution in [1.29, 1.82) is 0 Å². The van der Waals surface area contributed by atoms with Gasteiger partial charge in [-0.1, -0.05) is 6.42 Å². The van der Waals surface area contributed by atoms with Gasteiger partial charge in [-0.3, -0.25) is 15.0 Å². The van der Waals surface area contributed by atoms with Crippen LogP contribution in [0.4, 0.5) is 0 Å². The van der Waals surface area contributed by atoms with E-state index in [1.54, 1.807) is 7.11 Å². The summed E-state index contributed by atoms with van der Waals surface area (Å²) >= 11 is 0. The highest BCUT2D eigenvalue weighted by atomic mass is 16.5. The van der Waals surface area contributed by atoms with E-state index < -0.39 is 0 Å². The number of nitrogens with one attached hydrogen (secondary N) is 2. The smallest absolute Gasteiger partial charge is 0.194 e. The molecular formula is C21H31N7O. The van der Waals surface area contributed by atoms with E-state index in [2.05, 4.69) is 35.3 Å². The van der Waals surface area contributed by atoms with Crippen LogP contribution >= 0.6 is 0 Å². The van der Waals surface area contributed by atoms with E-state index in [1.807, 2.05) is 31.3 Å². The molecule has 2 N–H and O–H groups in total. The van der Waals surface area contributed by atoms with Crippen LogP contribution in [0.3, 0.4) is 0 Å². The zero-order valence-electron chi connectivity index (χ0n) is 17.4. The molecule has 1 unspecified atom stereocenters. The average Bonchev–Trinajstić information content (AvgIpc) is 3.45. The molecule has 8 nitrogen and oxygen atoms in total. The van der Waals surface area contributed by atoms with Gasteiger partial charge in [0.15, 0.2) is 11.8 Å². The maximum atomic E-state index is 5.20. The first-order chi connectivity index (χ1) is 14.3. The minimum Gasteiger partial charge on any atom is -0.497 e. The number of rotatable bonds is 5. The number of aromatic nitrogens is 3. The molecule has 0 saturated carbocycles. The van der Waals surface area contributed by atoms with Crippen LogP contribution in [0.25, 0.3) is 11.4 Å². The van der Waals surface area contributed by atoms with Crippen LogP contribution in [0.2, 0.25) is 0 Å². The standard InChI is InChI=1S/C21H31N7O/c1-22-21(28-13-10-17(15-28)27-11-4-3-5-12-27)23-14-19-24-20(26-25-19)16-6-8-18(29-2)9-7-16/h6-9,17H,3-5,10-15H2,1-2H3,(H,22,23)(H,24,25,26). The molecule has 29 heavy (non-hydrogen) atoms. The Balaban J connectivity index is 1.31. The summed E-state index contributed by atoms with van der Waals surface area (Å²) in [5, 5.41) is 10.8. The molecule has 156 valence electrons. The number of piperidine rings is 1. The maximum absolute atomic E-state index is 5.20. The molecule has 0 aliphatic carbocycles. The van der Waals surface area contributed by atoms with Crippen LogP contribution in [0, 0.1) is 0 Å². The van der Waals surface area contributed by atoms with Gasteiger partial charge in [-0.25, -0.2) is 4.98 Å². The summed E-state index contributed by atoms with van der Waals surface area (Å²) in [4.78, 5) is 14.1. The predicted octanol–water partition coefficient (Wildman–Crippen LogP) is 2.12. The molecule has 2 saturated heterocycles. The lowest BCUT2D eigenvalue weighted by Crippen LogP contribution is -2.44. The highest BCUT2D eigenvalue weighted by molar-refractivity contribution is 5.80. The van der Waals surface area contributed by atoms with Crippen molar-refractivity contribution < 1.29 is 4.74 Å². The fraction of sp³-hybridized carbons (Fsp3) is 0.571. The molecule has 8 heteroatoms. The quantitative estimate of drug-likeness (QED) is 0.594. The molecule has 0 bridgehead atoms. The van der Waals surface area contributed by atoms with Gasteiger partial charge in [0, 0.05) is 31.7 Å². The summed E-state index contributed by atoms with van der Waals surface area (Å²) in [6.07, 6.45) is 5.27. The maximum Gasteiger partial charge on any atom is 0.194 e. The molecule has 0 amide bonds. The number of ether oxygens (including phenoxy) is 1. The van der Waals surface area contributed by atoms with Crippen molar-refractivity contribution in [1.82, 2.24) is 30.3 Å². The van der Waals surface area contributed by atoms with Crippen molar-refractivity contribution >= 4 is 5.96 Å². The third kappa shape index (κ3) is 4.70. The fourth-order valence-electron chi connectivity index (χ4n) is 4.25. The van der Waals surface area contributed by atoms with E-state index in [1.165, 1.54) is 38.8 Å². The Labute approximate surface area is 172 Å². The van der Waals surface area contributed by atoms with E-state index in [-0.39, 0.29) is 0 Å². The summed E-state index contributed by atoms with van der Waals surface area (Å²) in [7, 11) is 3.51. The normalized spacial score (nSPS) is 20.8. The third-order valence-electron chi connectivity index (χ3n) is 5.88. The molecule has 2 aromatic rings. The SMILES string of the molecule is CN=C(NCc1nc(-c2ccc(OC)cc2)n[nH]1)N1CCC(N2CCCCC2)C1. The number of methoxy groups -OCH3 is 1. The van der Waals surface area contributed by atoms with E-state index in [9.17, 15) is 0 Å². The Hall–Kier alpha value is -2.61. The number of H-pyrrole nitrogens is 1. The van der Waals surface area contributed by atoms with E-state index in [4.69, 9.17) is 4.74 Å². The molecule has 1 aromatic carbocycles. The third-order valence-corrected chi connectivity index (χ3v) is 5.88. The van der Waals surface area contributed by atoms with Gasteiger partial charge in [-0.05, 0) is 56.6 Å². The van der Waals surface area contributed by atoms with Crippen molar-refractivity contribution in [3.05, 3.63) is 30.1 Å². The van der Waals surface area contributed by atoms with Crippen molar-refractivity contribution in [3.63, 3.8) is 0 Å². The minimum atomic E-state index is 0.570. The highest BCUT2D eigenvalue weighted by Gasteiger charge is 2.30. The van der Waals surface area contributed by atoms with Crippen LogP contribution < -0.4 is 10.1 Å². The number of aromatic amines is 1. The second kappa shape index (κ2) is 9.26. The van der Waals surface area contributed by atoms with Gasteiger partial charge in [0.2, 0.25) is 0 Å². The Bertz CT molecular complexity index is 811. The van der Waals surface area contributed by atoms with E-state index >= 15 is 0 Å². The molecular weight excluding hydrogens is 366 g/mol. The van der Waals surface area contributed by atoms with Gasteiger partial charge in [0.05, 0.1) is 13.7 Å². The zero-order chi connectivity index (χ0) is 20.1. The fourth-order valence-corrected chi connectivity index (χ4v) is 4.25. The number of hydrogen-bond acceptors (Lipinski definition) is 5. The first kappa shape index (κ1) is 19.7. The minimum absolute atomic E-state index is 0.570. The van der Waals surface area contributed by atoms with Crippen LogP contribution in [0.15, 0.2) is 29.3 Å². The lowest BCUT2D eigenvalue weighted by molar-refractivity contribution is 0.168. The highest BCUT2D eigenvalue weighted by Crippen LogP contribution is 2.21. The largest absolute Gasteiger partial charge is 0.497 e. The number of aliphatic imine (C=N–C) groups is 1. The molecule has 0 radical (unpaired) electrons. The molecule has 3 heterocycles. The van der Waals surface area contributed by atoms with Gasteiger partial charge in [0.25, 0.3) is 0 Å². The van der Waals surface area contributed by atoms with Crippen molar-refractivity contribution in [3.8, 4) is 17.1 Å². The topological polar surface area (TPSA) is 81.7 Å². The van der Waals surface area contributed by atoms with Crippen LogP contribution in [-0.4, -0.2) is 77.3 Å². The average molecular weight is 398 g/mol. The summed E-state index contributed by atoms with van der Waals surface area (Å²) in [6.45, 7) is 5.16. The van der Waals surface area contributed by atoms with Crippen molar-refractivity contribution in [2.45, 2.75) is 38.3 Å². The molecule has 1 atom stereocenters. The zero-order valence-corrected chi connectivity index (χ0v) is 17.4. The first-order valence-corrected chi connectivity index (χ1v) is 10.5. The van der Waals surface area contributed by atoms with Crippen LogP contribution in [0.5, 0.6) is 5.75 Å². The second-order valence-corrected chi connectivity index (χ2v) is 7.72. The number of nitrogens with zero attached hydrogens (tertiary/aromatic N) is 5. The van der Waals surface area contributed by atoms with Crippen molar-refractivity contribution in [2.24, 2.45) is 4.99 Å². The van der Waals surface area contributed by atoms with Crippen LogP contribution in [0.1, 0.15) is 31.5 Å². The molecule has 2 aliphatic rings. The first-order valence-electron chi connectivity index (χ1n) is 10.5. The predicted molar refractivity (Wildman–Crippen MR) is 114 cm³/mol. The Morgan fingerprint density at radius 2 is 2.00 bits per heavy atom. The molecule has 2 fully saturated rings. The summed E-state index contributed by atoms with van der Waals surface area (Å²) in [5.74, 6) is 3.24. The molecule has 4 rings (SSSR count). The lowest BCUT2D eigenvalue weighted by Gasteiger charge is -2.32. The van der Waals surface area contributed by atoms with Gasteiger partial charge in [0.1, 0.15) is 11.6 Å². The number of hydrogen-bond donors (Lipinski definition) is 2. The molecule has 2 aliphatic heterocycles. The van der Waals surface area contributed by atoms with E-state index in [0.717, 1.165) is 36.2 Å². The Morgan fingerprint density at radius 1 is 1.21 bits per heavy atom. The monoisotopic (exact) mass is 397 g/mol. The van der Waals surface area contributed by atoms with Gasteiger partial charge in [-0.2, -0.15) is 5.10 Å². The Morgan fingerprint density at radius 3 is 2.72 bits per heavy atom. The van der Waals surface area contributed by atoms with Gasteiger partial charge >= 0.3 is 0 Å². The number of benzene rings is 1. The second-order valence-electron chi connectivity index (χ2n) is 7.72. The summed E-state index contributed by atoms with van der Waals surface area (Å²) in [5.41, 5.74) is 0.960.